The van der Waals surface area contributed by atoms with E-state index in [1.54, 1.807) is 7.11 Å². The summed E-state index contributed by atoms with van der Waals surface area (Å²) < 4.78 is 11.3. The normalized spacial score (nSPS) is 10.3. The van der Waals surface area contributed by atoms with Crippen molar-refractivity contribution in [2.45, 2.75) is 6.92 Å². The van der Waals surface area contributed by atoms with Gasteiger partial charge in [-0.05, 0) is 31.2 Å². The molecule has 1 aromatic carbocycles. The van der Waals surface area contributed by atoms with Crippen LogP contribution >= 0.6 is 22.6 Å². The number of methoxy groups -OCH3 is 1. The summed E-state index contributed by atoms with van der Waals surface area (Å²) in [6, 6.07) is 7.74. The molecule has 2 rings (SSSR count). The highest BCUT2D eigenvalue weighted by molar-refractivity contribution is 14.1. The standard InChI is InChI=1S/C11H10INO2/c1-7-10(15-11(12)13-7)8-3-5-9(14-2)6-4-8/h3-6H,1-2H3. The quantitative estimate of drug-likeness (QED) is 0.798. The van der Waals surface area contributed by atoms with Crippen molar-refractivity contribution < 1.29 is 9.15 Å². The summed E-state index contributed by atoms with van der Waals surface area (Å²) in [6.45, 7) is 1.94. The highest BCUT2D eigenvalue weighted by atomic mass is 127. The van der Waals surface area contributed by atoms with E-state index in [0.717, 1.165) is 22.8 Å². The molecule has 1 heterocycles. The van der Waals surface area contributed by atoms with E-state index in [1.165, 1.54) is 0 Å². The molecule has 2 aromatic rings. The molecule has 0 aliphatic heterocycles. The first-order valence-corrected chi connectivity index (χ1v) is 5.56. The number of aromatic nitrogens is 1. The molecule has 4 heteroatoms. The van der Waals surface area contributed by atoms with E-state index in [-0.39, 0.29) is 0 Å². The van der Waals surface area contributed by atoms with Gasteiger partial charge < -0.3 is 9.15 Å². The predicted octanol–water partition coefficient (Wildman–Crippen LogP) is 3.26. The van der Waals surface area contributed by atoms with Crippen LogP contribution in [-0.4, -0.2) is 12.1 Å². The van der Waals surface area contributed by atoms with Crippen LogP contribution in [0.4, 0.5) is 0 Å². The van der Waals surface area contributed by atoms with Crippen LogP contribution in [0.5, 0.6) is 5.75 Å². The molecule has 0 fully saturated rings. The van der Waals surface area contributed by atoms with Gasteiger partial charge in [0.15, 0.2) is 5.76 Å². The molecule has 0 saturated heterocycles. The maximum Gasteiger partial charge on any atom is 0.257 e. The zero-order valence-corrected chi connectivity index (χ0v) is 10.6. The first kappa shape index (κ1) is 10.5. The third-order valence-electron chi connectivity index (χ3n) is 2.12. The molecule has 0 aliphatic carbocycles. The van der Waals surface area contributed by atoms with Crippen molar-refractivity contribution in [3.63, 3.8) is 0 Å². The van der Waals surface area contributed by atoms with E-state index < -0.39 is 0 Å². The van der Waals surface area contributed by atoms with Crippen LogP contribution in [-0.2, 0) is 0 Å². The molecule has 78 valence electrons. The molecule has 0 amide bonds. The van der Waals surface area contributed by atoms with Crippen LogP contribution in [0.15, 0.2) is 28.7 Å². The number of aryl methyl sites for hydroxylation is 1. The Kier molecular flexibility index (Phi) is 2.95. The second-order valence-electron chi connectivity index (χ2n) is 3.11. The monoisotopic (exact) mass is 315 g/mol. The second kappa shape index (κ2) is 4.22. The largest absolute Gasteiger partial charge is 0.497 e. The van der Waals surface area contributed by atoms with Gasteiger partial charge in [0, 0.05) is 28.2 Å². The lowest BCUT2D eigenvalue weighted by Crippen LogP contribution is -1.83. The van der Waals surface area contributed by atoms with E-state index in [2.05, 4.69) is 27.6 Å². The number of hydrogen-bond donors (Lipinski definition) is 0. The fourth-order valence-electron chi connectivity index (χ4n) is 1.37. The summed E-state index contributed by atoms with van der Waals surface area (Å²) in [4.78, 5) is 4.22. The summed E-state index contributed by atoms with van der Waals surface area (Å²) in [7, 11) is 1.65. The van der Waals surface area contributed by atoms with Gasteiger partial charge in [-0.3, -0.25) is 0 Å². The third-order valence-corrected chi connectivity index (χ3v) is 2.58. The SMILES string of the molecule is COc1ccc(-c2oc(I)nc2C)cc1. The molecule has 0 atom stereocenters. The lowest BCUT2D eigenvalue weighted by molar-refractivity contribution is 0.415. The van der Waals surface area contributed by atoms with Crippen LogP contribution in [0.3, 0.4) is 0 Å². The van der Waals surface area contributed by atoms with Gasteiger partial charge in [-0.2, -0.15) is 0 Å². The molecule has 0 bridgehead atoms. The van der Waals surface area contributed by atoms with Crippen molar-refractivity contribution in [2.75, 3.05) is 7.11 Å². The van der Waals surface area contributed by atoms with Gasteiger partial charge in [-0.1, -0.05) is 0 Å². The predicted molar refractivity (Wildman–Crippen MR) is 65.9 cm³/mol. The molecular formula is C11H10INO2. The summed E-state index contributed by atoms with van der Waals surface area (Å²) in [5.74, 6) is 1.66. The van der Waals surface area contributed by atoms with Crippen LogP contribution in [0.2, 0.25) is 0 Å². The Hall–Kier alpha value is -1.04. The fraction of sp³-hybridized carbons (Fsp3) is 0.182. The van der Waals surface area contributed by atoms with Gasteiger partial charge in [-0.25, -0.2) is 4.98 Å². The third kappa shape index (κ3) is 2.14. The summed E-state index contributed by atoms with van der Waals surface area (Å²) in [5.41, 5.74) is 1.92. The number of hydrogen-bond acceptors (Lipinski definition) is 3. The smallest absolute Gasteiger partial charge is 0.257 e. The number of nitrogens with zero attached hydrogens (tertiary/aromatic N) is 1. The Morgan fingerprint density at radius 3 is 2.40 bits per heavy atom. The van der Waals surface area contributed by atoms with E-state index in [9.17, 15) is 0 Å². The van der Waals surface area contributed by atoms with Gasteiger partial charge in [0.2, 0.25) is 0 Å². The van der Waals surface area contributed by atoms with Crippen molar-refractivity contribution >= 4 is 22.6 Å². The fourth-order valence-corrected chi connectivity index (χ4v) is 1.96. The van der Waals surface area contributed by atoms with Gasteiger partial charge in [0.25, 0.3) is 3.90 Å². The van der Waals surface area contributed by atoms with Crippen molar-refractivity contribution in [1.82, 2.24) is 4.98 Å². The number of ether oxygens (including phenoxy) is 1. The van der Waals surface area contributed by atoms with Gasteiger partial charge >= 0.3 is 0 Å². The molecule has 1 aromatic heterocycles. The van der Waals surface area contributed by atoms with Crippen LogP contribution < -0.4 is 4.74 Å². The van der Waals surface area contributed by atoms with Crippen molar-refractivity contribution in [3.05, 3.63) is 33.9 Å². The van der Waals surface area contributed by atoms with Crippen molar-refractivity contribution in [3.8, 4) is 17.1 Å². The average molecular weight is 315 g/mol. The first-order valence-electron chi connectivity index (χ1n) is 4.48. The van der Waals surface area contributed by atoms with Gasteiger partial charge in [0.1, 0.15) is 5.75 Å². The minimum atomic E-state index is 0.663. The lowest BCUT2D eigenvalue weighted by Gasteiger charge is -2.00. The van der Waals surface area contributed by atoms with Crippen LogP contribution in [0.1, 0.15) is 5.69 Å². The first-order chi connectivity index (χ1) is 7.20. The van der Waals surface area contributed by atoms with Crippen molar-refractivity contribution in [2.24, 2.45) is 0 Å². The maximum atomic E-state index is 5.51. The minimum Gasteiger partial charge on any atom is -0.497 e. The summed E-state index contributed by atoms with van der Waals surface area (Å²) >= 11 is 2.06. The van der Waals surface area contributed by atoms with Crippen molar-refractivity contribution in [1.29, 1.82) is 0 Å². The number of oxazole rings is 1. The molecule has 0 unspecified atom stereocenters. The molecule has 0 N–H and O–H groups in total. The maximum absolute atomic E-state index is 5.51. The minimum absolute atomic E-state index is 0.663. The molecule has 0 aliphatic rings. The molecule has 0 radical (unpaired) electrons. The number of halogens is 1. The second-order valence-corrected chi connectivity index (χ2v) is 4.03. The topological polar surface area (TPSA) is 35.3 Å². The molecular weight excluding hydrogens is 305 g/mol. The van der Waals surface area contributed by atoms with Gasteiger partial charge in [0.05, 0.1) is 12.8 Å². The highest BCUT2D eigenvalue weighted by Crippen LogP contribution is 2.26. The molecule has 0 saturated carbocycles. The van der Waals surface area contributed by atoms with Crippen LogP contribution in [0, 0.1) is 10.8 Å². The van der Waals surface area contributed by atoms with E-state index in [4.69, 9.17) is 9.15 Å². The van der Waals surface area contributed by atoms with E-state index in [1.807, 2.05) is 31.2 Å². The number of rotatable bonds is 2. The Bertz CT molecular complexity index is 462. The molecule has 3 nitrogen and oxygen atoms in total. The van der Waals surface area contributed by atoms with E-state index in [0.29, 0.717) is 3.90 Å². The lowest BCUT2D eigenvalue weighted by atomic mass is 10.1. The average Bonchev–Trinajstić information content (AvgIpc) is 2.58. The Morgan fingerprint density at radius 2 is 1.93 bits per heavy atom. The highest BCUT2D eigenvalue weighted by Gasteiger charge is 2.09. The summed E-state index contributed by atoms with van der Waals surface area (Å²) in [5, 5.41) is 0. The van der Waals surface area contributed by atoms with E-state index >= 15 is 0 Å². The Balaban J connectivity index is 2.41. The summed E-state index contributed by atoms with van der Waals surface area (Å²) in [6.07, 6.45) is 0. The zero-order chi connectivity index (χ0) is 10.8. The zero-order valence-electron chi connectivity index (χ0n) is 8.45. The molecule has 0 spiro atoms. The van der Waals surface area contributed by atoms with Crippen LogP contribution in [0.25, 0.3) is 11.3 Å². The Morgan fingerprint density at radius 1 is 1.27 bits per heavy atom. The Labute approximate surface area is 102 Å². The van der Waals surface area contributed by atoms with Gasteiger partial charge in [-0.15, -0.1) is 0 Å². The molecule has 15 heavy (non-hydrogen) atoms. The number of benzene rings is 1.